The summed E-state index contributed by atoms with van der Waals surface area (Å²) in [5.41, 5.74) is 2.23. The van der Waals surface area contributed by atoms with E-state index in [2.05, 4.69) is 10.3 Å². The van der Waals surface area contributed by atoms with Crippen molar-refractivity contribution in [1.82, 2.24) is 4.98 Å². The van der Waals surface area contributed by atoms with Crippen molar-refractivity contribution in [1.29, 1.82) is 0 Å². The van der Waals surface area contributed by atoms with Crippen LogP contribution in [0.4, 0.5) is 5.69 Å². The van der Waals surface area contributed by atoms with Gasteiger partial charge < -0.3 is 5.32 Å². The van der Waals surface area contributed by atoms with E-state index in [4.69, 9.17) is 0 Å². The third-order valence-electron chi connectivity index (χ3n) is 2.79. The largest absolute Gasteiger partial charge is 0.326 e. The van der Waals surface area contributed by atoms with Gasteiger partial charge in [0.25, 0.3) is 0 Å². The molecule has 0 aliphatic rings. The number of hydrogen-bond acceptors (Lipinski definition) is 4. The maximum absolute atomic E-state index is 11.9. The molecule has 1 amide bonds. The second-order valence-electron chi connectivity index (χ2n) is 4.57. The molecule has 0 saturated heterocycles. The van der Waals surface area contributed by atoms with Crippen molar-refractivity contribution >= 4 is 28.7 Å². The molecule has 0 unspecified atom stereocenters. The van der Waals surface area contributed by atoms with Crippen molar-refractivity contribution in [2.75, 3.05) is 5.32 Å². The van der Waals surface area contributed by atoms with Crippen molar-refractivity contribution < 1.29 is 9.59 Å². The normalized spacial score (nSPS) is 10.3. The number of ketones is 1. The maximum Gasteiger partial charge on any atom is 0.224 e. The number of anilines is 1. The van der Waals surface area contributed by atoms with Crippen LogP contribution in [-0.2, 0) is 11.2 Å². The fraction of sp³-hybridized carbons (Fsp3) is 0.267. The number of carbonyl (C=O) groups excluding carboxylic acids is 2. The number of aryl methyl sites for hydroxylation is 2. The molecule has 0 atom stereocenters. The number of hydrogen-bond donors (Lipinski definition) is 1. The smallest absolute Gasteiger partial charge is 0.224 e. The first-order valence-electron chi connectivity index (χ1n) is 6.36. The Labute approximate surface area is 121 Å². The van der Waals surface area contributed by atoms with E-state index in [9.17, 15) is 9.59 Å². The van der Waals surface area contributed by atoms with Crippen LogP contribution in [-0.4, -0.2) is 16.7 Å². The van der Waals surface area contributed by atoms with E-state index in [0.717, 1.165) is 10.7 Å². The highest BCUT2D eigenvalue weighted by molar-refractivity contribution is 7.09. The van der Waals surface area contributed by atoms with E-state index in [-0.39, 0.29) is 11.7 Å². The first-order chi connectivity index (χ1) is 9.54. The molecule has 2 aromatic rings. The minimum Gasteiger partial charge on any atom is -0.326 e. The number of thiazole rings is 1. The summed E-state index contributed by atoms with van der Waals surface area (Å²) in [6, 6.07) is 6.96. The topological polar surface area (TPSA) is 59.1 Å². The molecule has 0 aliphatic carbocycles. The van der Waals surface area contributed by atoms with Crippen LogP contribution in [0.15, 0.2) is 29.6 Å². The Morgan fingerprint density at radius 3 is 2.80 bits per heavy atom. The van der Waals surface area contributed by atoms with Crippen LogP contribution >= 0.6 is 11.3 Å². The van der Waals surface area contributed by atoms with Gasteiger partial charge in [0.15, 0.2) is 5.78 Å². The molecular formula is C15H16N2O2S. The molecule has 0 saturated carbocycles. The van der Waals surface area contributed by atoms with Gasteiger partial charge in [-0.2, -0.15) is 0 Å². The second-order valence-corrected chi connectivity index (χ2v) is 5.51. The zero-order valence-electron chi connectivity index (χ0n) is 11.5. The molecule has 1 heterocycles. The van der Waals surface area contributed by atoms with Crippen molar-refractivity contribution in [3.05, 3.63) is 45.9 Å². The molecule has 5 heteroatoms. The summed E-state index contributed by atoms with van der Waals surface area (Å²) in [4.78, 5) is 27.5. The molecule has 1 aromatic carbocycles. The van der Waals surface area contributed by atoms with Crippen LogP contribution in [0.2, 0.25) is 0 Å². The molecule has 0 fully saturated rings. The molecule has 0 bridgehead atoms. The van der Waals surface area contributed by atoms with Crippen LogP contribution in [0.1, 0.15) is 34.4 Å². The van der Waals surface area contributed by atoms with Crippen LogP contribution in [0.5, 0.6) is 0 Å². The van der Waals surface area contributed by atoms with Crippen molar-refractivity contribution in [3.8, 4) is 0 Å². The molecule has 0 aliphatic heterocycles. The number of rotatable bonds is 5. The lowest BCUT2D eigenvalue weighted by Crippen LogP contribution is -2.12. The third-order valence-corrected chi connectivity index (χ3v) is 3.81. The van der Waals surface area contributed by atoms with Gasteiger partial charge in [0.05, 0.1) is 5.01 Å². The Balaban J connectivity index is 1.91. The van der Waals surface area contributed by atoms with Gasteiger partial charge in [-0.3, -0.25) is 9.59 Å². The Kier molecular flexibility index (Phi) is 4.63. The molecular weight excluding hydrogens is 272 g/mol. The molecule has 0 spiro atoms. The van der Waals surface area contributed by atoms with Gasteiger partial charge in [0.2, 0.25) is 5.91 Å². The fourth-order valence-corrected chi connectivity index (χ4v) is 2.55. The summed E-state index contributed by atoms with van der Waals surface area (Å²) in [6.07, 6.45) is 1.02. The Morgan fingerprint density at radius 2 is 2.15 bits per heavy atom. The summed E-state index contributed by atoms with van der Waals surface area (Å²) in [7, 11) is 0. The molecule has 1 N–H and O–H groups in total. The predicted molar refractivity (Wildman–Crippen MR) is 80.2 cm³/mol. The highest BCUT2D eigenvalue weighted by Gasteiger charge is 2.07. The number of carbonyl (C=O) groups is 2. The summed E-state index contributed by atoms with van der Waals surface area (Å²) in [5, 5.41) is 5.74. The second kappa shape index (κ2) is 6.43. The molecule has 104 valence electrons. The Hall–Kier alpha value is -2.01. The quantitative estimate of drug-likeness (QED) is 0.859. The van der Waals surface area contributed by atoms with Gasteiger partial charge in [-0.25, -0.2) is 4.98 Å². The van der Waals surface area contributed by atoms with Gasteiger partial charge in [-0.1, -0.05) is 12.1 Å². The molecule has 2 rings (SSSR count). The number of Topliss-reactive ketones (excluding diaryl/α,β-unsaturated/α-hetero) is 1. The zero-order chi connectivity index (χ0) is 14.5. The molecule has 1 aromatic heterocycles. The van der Waals surface area contributed by atoms with Gasteiger partial charge in [-0.15, -0.1) is 11.3 Å². The third kappa shape index (κ3) is 3.99. The first kappa shape index (κ1) is 14.4. The molecule has 4 nitrogen and oxygen atoms in total. The number of benzene rings is 1. The Bertz CT molecular complexity index is 634. The van der Waals surface area contributed by atoms with Gasteiger partial charge in [0, 0.05) is 35.2 Å². The number of nitrogens with one attached hydrogen (secondary N) is 1. The van der Waals surface area contributed by atoms with Crippen LogP contribution in [0.25, 0.3) is 0 Å². The van der Waals surface area contributed by atoms with Crippen molar-refractivity contribution in [2.45, 2.75) is 26.7 Å². The van der Waals surface area contributed by atoms with E-state index >= 15 is 0 Å². The monoisotopic (exact) mass is 288 g/mol. The van der Waals surface area contributed by atoms with E-state index in [1.54, 1.807) is 35.6 Å². The van der Waals surface area contributed by atoms with Gasteiger partial charge in [0.1, 0.15) is 0 Å². The summed E-state index contributed by atoms with van der Waals surface area (Å²) >= 11 is 1.57. The highest BCUT2D eigenvalue weighted by Crippen LogP contribution is 2.14. The van der Waals surface area contributed by atoms with Crippen LogP contribution < -0.4 is 5.32 Å². The summed E-state index contributed by atoms with van der Waals surface area (Å²) in [6.45, 7) is 3.44. The standard InChI is InChI=1S/C15H16N2O2S/c1-10-9-20-15(16-10)7-6-14(19)17-13-5-3-4-12(8-13)11(2)18/h3-5,8-9H,6-7H2,1-2H3,(H,17,19). The lowest BCUT2D eigenvalue weighted by molar-refractivity contribution is -0.116. The number of amides is 1. The highest BCUT2D eigenvalue weighted by atomic mass is 32.1. The van der Waals surface area contributed by atoms with E-state index in [0.29, 0.717) is 24.1 Å². The summed E-state index contributed by atoms with van der Waals surface area (Å²) in [5.74, 6) is -0.0853. The van der Waals surface area contributed by atoms with Crippen molar-refractivity contribution in [3.63, 3.8) is 0 Å². The number of aromatic nitrogens is 1. The molecule has 20 heavy (non-hydrogen) atoms. The first-order valence-corrected chi connectivity index (χ1v) is 7.24. The van der Waals surface area contributed by atoms with E-state index in [1.807, 2.05) is 12.3 Å². The average molecular weight is 288 g/mol. The van der Waals surface area contributed by atoms with Crippen LogP contribution in [0, 0.1) is 6.92 Å². The maximum atomic E-state index is 11.9. The minimum atomic E-state index is -0.0708. The fourth-order valence-electron chi connectivity index (χ4n) is 1.78. The van der Waals surface area contributed by atoms with Crippen LogP contribution in [0.3, 0.4) is 0 Å². The average Bonchev–Trinajstić information content (AvgIpc) is 2.82. The van der Waals surface area contributed by atoms with E-state index in [1.165, 1.54) is 6.92 Å². The SMILES string of the molecule is CC(=O)c1cccc(NC(=O)CCc2nc(C)cs2)c1. The van der Waals surface area contributed by atoms with Gasteiger partial charge in [-0.05, 0) is 26.0 Å². The van der Waals surface area contributed by atoms with E-state index < -0.39 is 0 Å². The predicted octanol–water partition coefficient (Wildman–Crippen LogP) is 3.23. The molecule has 0 radical (unpaired) electrons. The van der Waals surface area contributed by atoms with Gasteiger partial charge >= 0.3 is 0 Å². The Morgan fingerprint density at radius 1 is 1.35 bits per heavy atom. The lowest BCUT2D eigenvalue weighted by Gasteiger charge is -2.05. The van der Waals surface area contributed by atoms with Crippen molar-refractivity contribution in [2.24, 2.45) is 0 Å². The summed E-state index contributed by atoms with van der Waals surface area (Å²) < 4.78 is 0. The minimum absolute atomic E-state index is 0.0145. The lowest BCUT2D eigenvalue weighted by atomic mass is 10.1. The zero-order valence-corrected chi connectivity index (χ0v) is 12.3. The number of nitrogens with zero attached hydrogens (tertiary/aromatic N) is 1.